The normalized spacial score (nSPS) is 22.3. The van der Waals surface area contributed by atoms with Crippen molar-refractivity contribution in [1.29, 1.82) is 0 Å². The Bertz CT molecular complexity index is 618. The van der Waals surface area contributed by atoms with Crippen LogP contribution in [-0.2, 0) is 0 Å². The highest BCUT2D eigenvalue weighted by Crippen LogP contribution is 2.36. The molecule has 0 unspecified atom stereocenters. The van der Waals surface area contributed by atoms with Crippen LogP contribution < -0.4 is 4.90 Å². The number of anilines is 1. The van der Waals surface area contributed by atoms with Gasteiger partial charge >= 0.3 is 0 Å². The lowest BCUT2D eigenvalue weighted by atomic mass is 10.2. The van der Waals surface area contributed by atoms with Gasteiger partial charge in [0.05, 0.1) is 19.2 Å². The summed E-state index contributed by atoms with van der Waals surface area (Å²) in [5, 5.41) is 13.2. The Morgan fingerprint density at radius 3 is 3.05 bits per heavy atom. The first-order chi connectivity index (χ1) is 9.00. The zero-order chi connectivity index (χ0) is 13.6. The Kier molecular flexibility index (Phi) is 2.83. The van der Waals surface area contributed by atoms with E-state index in [1.165, 1.54) is 9.42 Å². The van der Waals surface area contributed by atoms with Gasteiger partial charge < -0.3 is 10.0 Å². The van der Waals surface area contributed by atoms with Crippen LogP contribution in [0.3, 0.4) is 0 Å². The number of fused-ring (bicyclic) bond motifs is 1. The molecule has 2 aromatic heterocycles. The Hall–Kier alpha value is -1.47. The van der Waals surface area contributed by atoms with Crippen LogP contribution in [0.2, 0.25) is 5.28 Å². The van der Waals surface area contributed by atoms with E-state index in [4.69, 9.17) is 11.6 Å². The lowest BCUT2D eigenvalue weighted by Gasteiger charge is -2.23. The van der Waals surface area contributed by atoms with Gasteiger partial charge in [-0.05, 0) is 23.7 Å². The van der Waals surface area contributed by atoms with Crippen LogP contribution in [0.4, 0.5) is 14.6 Å². The molecule has 0 amide bonds. The molecule has 0 aromatic carbocycles. The van der Waals surface area contributed by atoms with Crippen LogP contribution in [0.15, 0.2) is 18.3 Å². The minimum absolute atomic E-state index is 0.0226. The van der Waals surface area contributed by atoms with Crippen molar-refractivity contribution in [3.63, 3.8) is 0 Å². The molecule has 3 heterocycles. The maximum atomic E-state index is 13.5. The van der Waals surface area contributed by atoms with Crippen LogP contribution in [0.5, 0.6) is 0 Å². The lowest BCUT2D eigenvalue weighted by Crippen LogP contribution is -2.34. The summed E-state index contributed by atoms with van der Waals surface area (Å²) < 4.78 is 28.5. The summed E-state index contributed by atoms with van der Waals surface area (Å²) in [6, 6.07) is 2.78. The summed E-state index contributed by atoms with van der Waals surface area (Å²) >= 11 is 5.80. The van der Waals surface area contributed by atoms with Crippen molar-refractivity contribution in [3.05, 3.63) is 23.6 Å². The number of alkyl halides is 2. The molecule has 1 aliphatic heterocycles. The number of aromatic nitrogens is 3. The first-order valence-electron chi connectivity index (χ1n) is 5.76. The Morgan fingerprint density at radius 1 is 1.53 bits per heavy atom. The van der Waals surface area contributed by atoms with E-state index >= 15 is 0 Å². The summed E-state index contributed by atoms with van der Waals surface area (Å²) in [4.78, 5) is 5.43. The smallest absolute Gasteiger partial charge is 0.267 e. The van der Waals surface area contributed by atoms with E-state index in [0.717, 1.165) is 0 Å². The van der Waals surface area contributed by atoms with Crippen molar-refractivity contribution in [1.82, 2.24) is 14.6 Å². The van der Waals surface area contributed by atoms with E-state index in [2.05, 4.69) is 10.1 Å². The zero-order valence-corrected chi connectivity index (χ0v) is 10.6. The third-order valence-corrected chi connectivity index (χ3v) is 3.37. The second kappa shape index (κ2) is 4.28. The molecule has 1 aliphatic rings. The van der Waals surface area contributed by atoms with Gasteiger partial charge in [-0.1, -0.05) is 0 Å². The molecular weight excluding hydrogens is 278 g/mol. The fraction of sp³-hybridized carbons (Fsp3) is 0.455. The quantitative estimate of drug-likeness (QED) is 0.912. The Balaban J connectivity index is 2.10. The monoisotopic (exact) mass is 288 g/mol. The third kappa shape index (κ3) is 2.12. The average molecular weight is 289 g/mol. The number of aliphatic hydroxyl groups is 1. The van der Waals surface area contributed by atoms with Gasteiger partial charge in [-0.15, -0.1) is 5.10 Å². The number of hydrogen-bond donors (Lipinski definition) is 1. The molecule has 0 aliphatic carbocycles. The van der Waals surface area contributed by atoms with Crippen LogP contribution in [-0.4, -0.2) is 44.8 Å². The van der Waals surface area contributed by atoms with Gasteiger partial charge in [0, 0.05) is 12.6 Å². The maximum absolute atomic E-state index is 13.5. The van der Waals surface area contributed by atoms with Gasteiger partial charge in [-0.25, -0.2) is 13.3 Å². The van der Waals surface area contributed by atoms with E-state index in [-0.39, 0.29) is 11.9 Å². The van der Waals surface area contributed by atoms with E-state index in [1.54, 1.807) is 18.3 Å². The highest BCUT2D eigenvalue weighted by Gasteiger charge is 2.45. The van der Waals surface area contributed by atoms with E-state index in [0.29, 0.717) is 11.3 Å². The average Bonchev–Trinajstić information content (AvgIpc) is 2.91. The van der Waals surface area contributed by atoms with Crippen molar-refractivity contribution in [3.8, 4) is 0 Å². The highest BCUT2D eigenvalue weighted by molar-refractivity contribution is 6.28. The molecule has 1 N–H and O–H groups in total. The fourth-order valence-corrected chi connectivity index (χ4v) is 2.57. The summed E-state index contributed by atoms with van der Waals surface area (Å²) in [6.45, 7) is -0.837. The highest BCUT2D eigenvalue weighted by atomic mass is 35.5. The number of hydrogen-bond acceptors (Lipinski definition) is 4. The number of aliphatic hydroxyl groups excluding tert-OH is 1. The Labute approximate surface area is 112 Å². The van der Waals surface area contributed by atoms with Crippen molar-refractivity contribution in [2.75, 3.05) is 18.1 Å². The van der Waals surface area contributed by atoms with Gasteiger partial charge in [0.15, 0.2) is 5.82 Å². The van der Waals surface area contributed by atoms with Gasteiger partial charge in [-0.3, -0.25) is 0 Å². The molecule has 3 rings (SSSR count). The molecule has 1 atom stereocenters. The number of nitrogens with zero attached hydrogens (tertiary/aromatic N) is 4. The van der Waals surface area contributed by atoms with Gasteiger partial charge in [-0.2, -0.15) is 4.98 Å². The van der Waals surface area contributed by atoms with Crippen molar-refractivity contribution >= 4 is 22.9 Å². The van der Waals surface area contributed by atoms with Gasteiger partial charge in [0.2, 0.25) is 5.28 Å². The van der Waals surface area contributed by atoms with Crippen LogP contribution in [0, 0.1) is 0 Å². The Morgan fingerprint density at radius 2 is 2.32 bits per heavy atom. The number of rotatable bonds is 2. The van der Waals surface area contributed by atoms with Gasteiger partial charge in [0.25, 0.3) is 5.92 Å². The van der Waals surface area contributed by atoms with E-state index in [1.807, 2.05) is 0 Å². The topological polar surface area (TPSA) is 53.7 Å². The van der Waals surface area contributed by atoms with Crippen LogP contribution in [0.25, 0.3) is 5.52 Å². The third-order valence-electron chi connectivity index (χ3n) is 3.21. The summed E-state index contributed by atoms with van der Waals surface area (Å²) in [5.41, 5.74) is 0.584. The predicted molar refractivity (Wildman–Crippen MR) is 65.8 cm³/mol. The van der Waals surface area contributed by atoms with Gasteiger partial charge in [0.1, 0.15) is 5.52 Å². The van der Waals surface area contributed by atoms with Crippen molar-refractivity contribution in [2.24, 2.45) is 0 Å². The summed E-state index contributed by atoms with van der Waals surface area (Å²) in [5.74, 6) is -2.52. The first-order valence-corrected chi connectivity index (χ1v) is 6.14. The molecule has 2 aromatic rings. The van der Waals surface area contributed by atoms with E-state index < -0.39 is 24.9 Å². The second-order valence-corrected chi connectivity index (χ2v) is 4.90. The summed E-state index contributed by atoms with van der Waals surface area (Å²) in [7, 11) is 0. The summed E-state index contributed by atoms with van der Waals surface area (Å²) in [6.07, 6.45) is 1.27. The molecule has 0 bridgehead atoms. The minimum Gasteiger partial charge on any atom is -0.394 e. The lowest BCUT2D eigenvalue weighted by molar-refractivity contribution is 0.0201. The standard InChI is InChI=1S/C11H11ClF2N4O/c12-10-15-9(8-2-1-3-18(8)16-10)17-6-11(13,14)4-7(17)5-19/h1-3,7,19H,4-6H2/t7-/m0/s1. The van der Waals surface area contributed by atoms with Crippen molar-refractivity contribution in [2.45, 2.75) is 18.4 Å². The molecule has 8 heteroatoms. The molecule has 1 saturated heterocycles. The maximum Gasteiger partial charge on any atom is 0.267 e. The van der Waals surface area contributed by atoms with Crippen LogP contribution >= 0.6 is 11.6 Å². The first kappa shape index (κ1) is 12.6. The molecular formula is C11H11ClF2N4O. The largest absolute Gasteiger partial charge is 0.394 e. The van der Waals surface area contributed by atoms with E-state index in [9.17, 15) is 13.9 Å². The predicted octanol–water partition coefficient (Wildman–Crippen LogP) is 1.59. The molecule has 0 saturated carbocycles. The van der Waals surface area contributed by atoms with Crippen molar-refractivity contribution < 1.29 is 13.9 Å². The minimum atomic E-state index is -2.84. The van der Waals surface area contributed by atoms with Crippen LogP contribution in [0.1, 0.15) is 6.42 Å². The molecule has 1 fully saturated rings. The molecule has 0 radical (unpaired) electrons. The zero-order valence-electron chi connectivity index (χ0n) is 9.80. The molecule has 5 nitrogen and oxygen atoms in total. The fourth-order valence-electron chi connectivity index (χ4n) is 2.41. The molecule has 0 spiro atoms. The number of halogens is 3. The second-order valence-electron chi connectivity index (χ2n) is 4.57. The molecule has 19 heavy (non-hydrogen) atoms. The molecule has 102 valence electrons. The SMILES string of the molecule is OC[C@@H]1CC(F)(F)CN1c1nc(Cl)nn2cccc12.